The summed E-state index contributed by atoms with van der Waals surface area (Å²) in [5, 5.41) is 11.4. The van der Waals surface area contributed by atoms with Crippen LogP contribution in [-0.4, -0.2) is 17.3 Å². The van der Waals surface area contributed by atoms with E-state index in [0.717, 1.165) is 17.5 Å². The van der Waals surface area contributed by atoms with Gasteiger partial charge in [-0.25, -0.2) is 0 Å². The van der Waals surface area contributed by atoms with E-state index < -0.39 is 0 Å². The summed E-state index contributed by atoms with van der Waals surface area (Å²) in [6.45, 7) is 17.2. The number of phenols is 1. The van der Waals surface area contributed by atoms with Gasteiger partial charge < -0.3 is 9.84 Å². The van der Waals surface area contributed by atoms with Gasteiger partial charge in [0.15, 0.2) is 5.05 Å². The van der Waals surface area contributed by atoms with Gasteiger partial charge in [0.05, 0.1) is 7.11 Å². The van der Waals surface area contributed by atoms with Gasteiger partial charge in [0.1, 0.15) is 5.75 Å². The molecule has 0 amide bonds. The first kappa shape index (κ1) is 31.9. The average Bonchev–Trinajstić information content (AvgIpc) is 2.71. The SMILES string of the molecule is CCCCCCCCCCCCCc1cc(C(C)(C)C)c(O)c(C(C)(C)C)c1.COC(C)=S. The van der Waals surface area contributed by atoms with Crippen LogP contribution in [0.3, 0.4) is 0 Å². The maximum absolute atomic E-state index is 10.8. The van der Waals surface area contributed by atoms with Crippen molar-refractivity contribution in [1.29, 1.82) is 0 Å². The van der Waals surface area contributed by atoms with E-state index in [-0.39, 0.29) is 10.8 Å². The van der Waals surface area contributed by atoms with E-state index >= 15 is 0 Å². The lowest BCUT2D eigenvalue weighted by Gasteiger charge is -2.28. The van der Waals surface area contributed by atoms with E-state index in [9.17, 15) is 5.11 Å². The van der Waals surface area contributed by atoms with Crippen LogP contribution in [0.15, 0.2) is 12.1 Å². The fourth-order valence-corrected chi connectivity index (χ4v) is 3.98. The number of aryl methyl sites for hydroxylation is 1. The molecule has 1 rings (SSSR count). The molecule has 0 heterocycles. The fourth-order valence-electron chi connectivity index (χ4n) is 3.98. The normalized spacial score (nSPS) is 11.7. The number of hydrogen-bond donors (Lipinski definition) is 1. The molecular formula is C30H54O2S. The van der Waals surface area contributed by atoms with Crippen LogP contribution < -0.4 is 0 Å². The molecule has 0 bridgehead atoms. The molecule has 33 heavy (non-hydrogen) atoms. The second-order valence-electron chi connectivity index (χ2n) is 11.5. The van der Waals surface area contributed by atoms with Crippen molar-refractivity contribution in [3.8, 4) is 5.75 Å². The zero-order valence-electron chi connectivity index (χ0n) is 23.4. The number of phenolic OH excluding ortho intramolecular Hbond substituents is 1. The molecule has 1 aromatic carbocycles. The largest absolute Gasteiger partial charge is 0.507 e. The van der Waals surface area contributed by atoms with Gasteiger partial charge in [0.25, 0.3) is 0 Å². The molecule has 0 aliphatic carbocycles. The van der Waals surface area contributed by atoms with Crippen molar-refractivity contribution in [2.24, 2.45) is 0 Å². The standard InChI is InChI=1S/C27H48O.C3H6OS/c1-8-9-10-11-12-13-14-15-16-17-18-19-22-20-23(26(2,3)4)25(28)24(21-22)27(5,6)7;1-3(5)4-2/h20-21,28H,8-19H2,1-7H3;1-2H3. The number of methoxy groups -OCH3 is 1. The lowest BCUT2D eigenvalue weighted by Crippen LogP contribution is -2.18. The quantitative estimate of drug-likeness (QED) is 0.239. The number of thiocarbonyl (C=S) groups is 1. The van der Waals surface area contributed by atoms with Crippen LogP contribution in [0.4, 0.5) is 0 Å². The molecule has 0 unspecified atom stereocenters. The van der Waals surface area contributed by atoms with Crippen molar-refractivity contribution >= 4 is 17.3 Å². The second kappa shape index (κ2) is 16.5. The van der Waals surface area contributed by atoms with Gasteiger partial charge in [-0.1, -0.05) is 125 Å². The first-order valence-corrected chi connectivity index (χ1v) is 13.7. The summed E-state index contributed by atoms with van der Waals surface area (Å²) in [6.07, 6.45) is 16.3. The van der Waals surface area contributed by atoms with Crippen molar-refractivity contribution < 1.29 is 9.84 Å². The minimum absolute atomic E-state index is 0.0305. The minimum atomic E-state index is -0.0305. The molecule has 192 valence electrons. The molecule has 0 radical (unpaired) electrons. The fraction of sp³-hybridized carbons (Fsp3) is 0.767. The van der Waals surface area contributed by atoms with E-state index in [1.165, 1.54) is 76.2 Å². The first-order chi connectivity index (χ1) is 15.3. The Labute approximate surface area is 211 Å². The Bertz CT molecular complexity index is 630. The van der Waals surface area contributed by atoms with Gasteiger partial charge in [-0.2, -0.15) is 0 Å². The number of hydrogen-bond acceptors (Lipinski definition) is 3. The van der Waals surface area contributed by atoms with E-state index in [1.807, 2.05) is 0 Å². The minimum Gasteiger partial charge on any atom is -0.507 e. The van der Waals surface area contributed by atoms with Gasteiger partial charge in [-0.3, -0.25) is 0 Å². The monoisotopic (exact) mass is 478 g/mol. The Hall–Kier alpha value is -1.09. The van der Waals surface area contributed by atoms with Crippen molar-refractivity contribution in [3.05, 3.63) is 28.8 Å². The van der Waals surface area contributed by atoms with Crippen LogP contribution in [0.1, 0.15) is 143 Å². The predicted molar refractivity (Wildman–Crippen MR) is 151 cm³/mol. The molecule has 1 aromatic rings. The van der Waals surface area contributed by atoms with E-state index in [0.29, 0.717) is 10.8 Å². The number of unbranched alkanes of at least 4 members (excludes halogenated alkanes) is 10. The highest BCUT2D eigenvalue weighted by atomic mass is 32.1. The van der Waals surface area contributed by atoms with Crippen LogP contribution in [0, 0.1) is 0 Å². The summed E-state index contributed by atoms with van der Waals surface area (Å²) in [4.78, 5) is 0. The third-order valence-electron chi connectivity index (χ3n) is 6.14. The third-order valence-corrected chi connectivity index (χ3v) is 6.31. The number of rotatable bonds is 12. The second-order valence-corrected chi connectivity index (χ2v) is 12.1. The Morgan fingerprint density at radius 3 is 1.39 bits per heavy atom. The zero-order valence-corrected chi connectivity index (χ0v) is 24.2. The summed E-state index contributed by atoms with van der Waals surface area (Å²) in [5.41, 5.74) is 3.52. The molecule has 0 aliphatic heterocycles. The Kier molecular flexibility index (Phi) is 16.0. The van der Waals surface area contributed by atoms with Crippen molar-refractivity contribution in [3.63, 3.8) is 0 Å². The van der Waals surface area contributed by atoms with E-state index in [1.54, 1.807) is 14.0 Å². The highest BCUT2D eigenvalue weighted by Crippen LogP contribution is 2.40. The average molecular weight is 479 g/mol. The van der Waals surface area contributed by atoms with Crippen molar-refractivity contribution in [2.45, 2.75) is 143 Å². The third kappa shape index (κ3) is 14.7. The summed E-state index contributed by atoms with van der Waals surface area (Å²) in [5.74, 6) is 0.502. The molecule has 0 aromatic heterocycles. The Morgan fingerprint density at radius 1 is 0.758 bits per heavy atom. The van der Waals surface area contributed by atoms with Crippen LogP contribution in [0.2, 0.25) is 0 Å². The molecule has 3 heteroatoms. The molecule has 1 N–H and O–H groups in total. The number of aromatic hydroxyl groups is 1. The smallest absolute Gasteiger partial charge is 0.156 e. The zero-order chi connectivity index (χ0) is 25.5. The van der Waals surface area contributed by atoms with Gasteiger partial charge >= 0.3 is 0 Å². The van der Waals surface area contributed by atoms with Gasteiger partial charge in [-0.05, 0) is 52.6 Å². The molecule has 0 atom stereocenters. The van der Waals surface area contributed by atoms with E-state index in [2.05, 4.69) is 77.6 Å². The predicted octanol–water partition coefficient (Wildman–Crippen LogP) is 9.82. The Morgan fingerprint density at radius 2 is 1.09 bits per heavy atom. The van der Waals surface area contributed by atoms with Gasteiger partial charge in [-0.15, -0.1) is 0 Å². The first-order valence-electron chi connectivity index (χ1n) is 13.3. The summed E-state index contributed by atoms with van der Waals surface area (Å²) < 4.78 is 4.48. The lowest BCUT2D eigenvalue weighted by atomic mass is 9.78. The maximum Gasteiger partial charge on any atom is 0.156 e. The van der Waals surface area contributed by atoms with Crippen molar-refractivity contribution in [2.75, 3.05) is 7.11 Å². The highest BCUT2D eigenvalue weighted by Gasteiger charge is 2.26. The van der Waals surface area contributed by atoms with Crippen LogP contribution in [0.5, 0.6) is 5.75 Å². The molecule has 0 saturated heterocycles. The number of ether oxygens (including phenoxy) is 1. The maximum atomic E-state index is 10.8. The lowest BCUT2D eigenvalue weighted by molar-refractivity contribution is 0.411. The molecule has 0 saturated carbocycles. The van der Waals surface area contributed by atoms with Crippen LogP contribution in [0.25, 0.3) is 0 Å². The highest BCUT2D eigenvalue weighted by molar-refractivity contribution is 7.80. The summed E-state index contributed by atoms with van der Waals surface area (Å²) in [7, 11) is 1.56. The summed E-state index contributed by atoms with van der Waals surface area (Å²) >= 11 is 4.47. The number of benzene rings is 1. The summed E-state index contributed by atoms with van der Waals surface area (Å²) in [6, 6.07) is 4.50. The van der Waals surface area contributed by atoms with Crippen LogP contribution in [-0.2, 0) is 22.0 Å². The van der Waals surface area contributed by atoms with Gasteiger partial charge in [0.2, 0.25) is 0 Å². The van der Waals surface area contributed by atoms with Crippen molar-refractivity contribution in [1.82, 2.24) is 0 Å². The van der Waals surface area contributed by atoms with Gasteiger partial charge in [0, 0.05) is 6.92 Å². The molecule has 0 spiro atoms. The molecule has 0 fully saturated rings. The Balaban J connectivity index is 0.00000184. The molecule has 0 aliphatic rings. The van der Waals surface area contributed by atoms with Crippen LogP contribution >= 0.6 is 12.2 Å². The van der Waals surface area contributed by atoms with E-state index in [4.69, 9.17) is 0 Å². The molecular weight excluding hydrogens is 424 g/mol. The topological polar surface area (TPSA) is 29.5 Å². The molecule has 2 nitrogen and oxygen atoms in total.